The van der Waals surface area contributed by atoms with Gasteiger partial charge in [0.1, 0.15) is 11.9 Å². The molecule has 1 aliphatic rings. The van der Waals surface area contributed by atoms with Crippen LogP contribution in [-0.4, -0.2) is 22.3 Å². The molecule has 2 aromatic rings. The summed E-state index contributed by atoms with van der Waals surface area (Å²) in [6.07, 6.45) is 6.48. The molecule has 0 amide bonds. The molecular formula is C15H21N3O. The maximum absolute atomic E-state index is 6.19. The van der Waals surface area contributed by atoms with E-state index in [4.69, 9.17) is 10.5 Å². The lowest BCUT2D eigenvalue weighted by Crippen LogP contribution is -2.33. The lowest BCUT2D eigenvalue weighted by Gasteiger charge is -2.28. The summed E-state index contributed by atoms with van der Waals surface area (Å²) in [7, 11) is 0. The zero-order valence-electron chi connectivity index (χ0n) is 11.6. The van der Waals surface area contributed by atoms with Crippen molar-refractivity contribution in [3.63, 3.8) is 0 Å². The fourth-order valence-electron chi connectivity index (χ4n) is 2.97. The Labute approximate surface area is 113 Å². The van der Waals surface area contributed by atoms with Gasteiger partial charge in [-0.3, -0.25) is 5.10 Å². The number of ether oxygens (including phenoxy) is 1. The molecule has 3 N–H and O–H groups in total. The molecule has 3 rings (SSSR count). The van der Waals surface area contributed by atoms with Crippen LogP contribution in [0.25, 0.3) is 10.9 Å². The van der Waals surface area contributed by atoms with Crippen molar-refractivity contribution in [2.45, 2.75) is 51.7 Å². The van der Waals surface area contributed by atoms with E-state index in [1.165, 1.54) is 5.56 Å². The molecule has 1 aromatic carbocycles. The number of nitrogens with two attached hydrogens (primary N) is 1. The summed E-state index contributed by atoms with van der Waals surface area (Å²) in [5.41, 5.74) is 9.46. The van der Waals surface area contributed by atoms with E-state index in [1.807, 2.05) is 6.20 Å². The van der Waals surface area contributed by atoms with Crippen LogP contribution in [-0.2, 0) is 0 Å². The van der Waals surface area contributed by atoms with Crippen LogP contribution in [0.2, 0.25) is 0 Å². The van der Waals surface area contributed by atoms with Gasteiger partial charge in [0.2, 0.25) is 0 Å². The summed E-state index contributed by atoms with van der Waals surface area (Å²) in [5.74, 6) is 0.977. The first-order chi connectivity index (χ1) is 9.15. The molecule has 0 aliphatic heterocycles. The van der Waals surface area contributed by atoms with Crippen LogP contribution < -0.4 is 10.5 Å². The molecule has 1 aromatic heterocycles. The molecule has 1 aliphatic carbocycles. The predicted molar refractivity (Wildman–Crippen MR) is 76.4 cm³/mol. The van der Waals surface area contributed by atoms with E-state index in [-0.39, 0.29) is 12.1 Å². The molecular weight excluding hydrogens is 238 g/mol. The summed E-state index contributed by atoms with van der Waals surface area (Å²) in [6.45, 7) is 4.18. The number of nitrogens with zero attached hydrogens (tertiary/aromatic N) is 1. The number of rotatable bonds is 2. The fourth-order valence-corrected chi connectivity index (χ4v) is 2.97. The molecule has 2 atom stereocenters. The van der Waals surface area contributed by atoms with Gasteiger partial charge < -0.3 is 10.5 Å². The lowest BCUT2D eigenvalue weighted by atomic mass is 9.93. The van der Waals surface area contributed by atoms with Crippen molar-refractivity contribution in [2.24, 2.45) is 5.73 Å². The Morgan fingerprint density at radius 1 is 1.37 bits per heavy atom. The number of fused-ring (bicyclic) bond motifs is 1. The van der Waals surface area contributed by atoms with Gasteiger partial charge in [0.05, 0.1) is 11.7 Å². The van der Waals surface area contributed by atoms with E-state index in [9.17, 15) is 0 Å². The van der Waals surface area contributed by atoms with E-state index in [2.05, 4.69) is 30.1 Å². The van der Waals surface area contributed by atoms with E-state index in [0.717, 1.165) is 47.9 Å². The molecule has 0 radical (unpaired) electrons. The topological polar surface area (TPSA) is 63.9 Å². The van der Waals surface area contributed by atoms with Gasteiger partial charge in [-0.15, -0.1) is 0 Å². The number of aromatic nitrogens is 2. The van der Waals surface area contributed by atoms with Gasteiger partial charge in [-0.05, 0) is 51.2 Å². The second-order valence-corrected chi connectivity index (χ2v) is 5.64. The van der Waals surface area contributed by atoms with Crippen molar-refractivity contribution in [3.05, 3.63) is 23.4 Å². The molecule has 0 bridgehead atoms. The minimum absolute atomic E-state index is 0.256. The number of hydrogen-bond acceptors (Lipinski definition) is 3. The maximum atomic E-state index is 6.19. The highest BCUT2D eigenvalue weighted by atomic mass is 16.5. The van der Waals surface area contributed by atoms with Gasteiger partial charge in [-0.1, -0.05) is 0 Å². The molecule has 102 valence electrons. The van der Waals surface area contributed by atoms with E-state index >= 15 is 0 Å². The van der Waals surface area contributed by atoms with Crippen molar-refractivity contribution in [1.82, 2.24) is 10.2 Å². The van der Waals surface area contributed by atoms with Crippen molar-refractivity contribution in [1.29, 1.82) is 0 Å². The lowest BCUT2D eigenvalue weighted by molar-refractivity contribution is 0.144. The molecule has 1 saturated carbocycles. The third-order valence-electron chi connectivity index (χ3n) is 4.12. The first-order valence-electron chi connectivity index (χ1n) is 7.00. The number of nitrogens with one attached hydrogen (secondary N) is 1. The molecule has 0 spiro atoms. The Hall–Kier alpha value is -1.55. The highest BCUT2D eigenvalue weighted by Gasteiger charge is 2.21. The SMILES string of the molecule is Cc1c(OC2CCCC(N)C2)cc(C)c2[nH]ncc12. The van der Waals surface area contributed by atoms with Crippen molar-refractivity contribution < 1.29 is 4.74 Å². The van der Waals surface area contributed by atoms with E-state index in [0.29, 0.717) is 0 Å². The van der Waals surface area contributed by atoms with Gasteiger partial charge in [-0.25, -0.2) is 0 Å². The zero-order valence-corrected chi connectivity index (χ0v) is 11.6. The van der Waals surface area contributed by atoms with Crippen molar-refractivity contribution >= 4 is 10.9 Å². The monoisotopic (exact) mass is 259 g/mol. The Bertz CT molecular complexity index is 590. The van der Waals surface area contributed by atoms with Crippen LogP contribution in [0.15, 0.2) is 12.3 Å². The first kappa shape index (κ1) is 12.5. The summed E-state index contributed by atoms with van der Waals surface area (Å²) in [6, 6.07) is 2.40. The molecule has 4 heteroatoms. The summed E-state index contributed by atoms with van der Waals surface area (Å²) in [5, 5.41) is 8.31. The van der Waals surface area contributed by atoms with Crippen LogP contribution in [0.3, 0.4) is 0 Å². The van der Waals surface area contributed by atoms with Gasteiger partial charge in [0.25, 0.3) is 0 Å². The number of hydrogen-bond donors (Lipinski definition) is 2. The fraction of sp³-hybridized carbons (Fsp3) is 0.533. The third kappa shape index (κ3) is 2.32. The van der Waals surface area contributed by atoms with E-state index in [1.54, 1.807) is 0 Å². The normalized spacial score (nSPS) is 23.7. The first-order valence-corrected chi connectivity index (χ1v) is 7.00. The maximum Gasteiger partial charge on any atom is 0.123 e. The quantitative estimate of drug-likeness (QED) is 0.871. The van der Waals surface area contributed by atoms with Crippen LogP contribution >= 0.6 is 0 Å². The van der Waals surface area contributed by atoms with Gasteiger partial charge >= 0.3 is 0 Å². The smallest absolute Gasteiger partial charge is 0.123 e. The Morgan fingerprint density at radius 3 is 3.00 bits per heavy atom. The van der Waals surface area contributed by atoms with Gasteiger partial charge in [0, 0.05) is 17.0 Å². The van der Waals surface area contributed by atoms with Crippen LogP contribution in [0.4, 0.5) is 0 Å². The van der Waals surface area contributed by atoms with Crippen LogP contribution in [0.5, 0.6) is 5.75 Å². The molecule has 0 saturated heterocycles. The summed E-state index contributed by atoms with van der Waals surface area (Å²) in [4.78, 5) is 0. The predicted octanol–water partition coefficient (Wildman–Crippen LogP) is 2.83. The Balaban J connectivity index is 1.90. The number of H-pyrrole nitrogens is 1. The van der Waals surface area contributed by atoms with Gasteiger partial charge in [-0.2, -0.15) is 5.10 Å². The molecule has 1 heterocycles. The van der Waals surface area contributed by atoms with Crippen molar-refractivity contribution in [3.8, 4) is 5.75 Å². The highest BCUT2D eigenvalue weighted by Crippen LogP contribution is 2.31. The van der Waals surface area contributed by atoms with Crippen LogP contribution in [0, 0.1) is 13.8 Å². The third-order valence-corrected chi connectivity index (χ3v) is 4.12. The van der Waals surface area contributed by atoms with E-state index < -0.39 is 0 Å². The highest BCUT2D eigenvalue weighted by molar-refractivity contribution is 5.86. The molecule has 2 unspecified atom stereocenters. The second kappa shape index (κ2) is 4.85. The largest absolute Gasteiger partial charge is 0.490 e. The number of aromatic amines is 1. The second-order valence-electron chi connectivity index (χ2n) is 5.64. The average molecular weight is 259 g/mol. The zero-order chi connectivity index (χ0) is 13.4. The van der Waals surface area contributed by atoms with Crippen LogP contribution in [0.1, 0.15) is 36.8 Å². The Morgan fingerprint density at radius 2 is 2.21 bits per heavy atom. The molecule has 19 heavy (non-hydrogen) atoms. The number of benzene rings is 1. The van der Waals surface area contributed by atoms with Gasteiger partial charge in [0.15, 0.2) is 0 Å². The standard InChI is InChI=1S/C15H21N3O/c1-9-6-14(10(2)13-8-17-18-15(9)13)19-12-5-3-4-11(16)7-12/h6,8,11-12H,3-5,7,16H2,1-2H3,(H,17,18). The Kier molecular flexibility index (Phi) is 3.19. The van der Waals surface area contributed by atoms with Crippen molar-refractivity contribution in [2.75, 3.05) is 0 Å². The minimum Gasteiger partial charge on any atom is -0.490 e. The molecule has 1 fully saturated rings. The molecule has 4 nitrogen and oxygen atoms in total. The summed E-state index contributed by atoms with van der Waals surface area (Å²) < 4.78 is 6.19. The average Bonchev–Trinajstić information content (AvgIpc) is 2.85. The summed E-state index contributed by atoms with van der Waals surface area (Å²) >= 11 is 0. The minimum atomic E-state index is 0.256. The number of aryl methyl sites for hydroxylation is 2.